The van der Waals surface area contributed by atoms with Gasteiger partial charge in [-0.15, -0.1) is 11.3 Å². The molecule has 0 aliphatic carbocycles. The fourth-order valence-corrected chi connectivity index (χ4v) is 2.22. The van der Waals surface area contributed by atoms with Crippen LogP contribution in [0.15, 0.2) is 11.4 Å². The monoisotopic (exact) mass is 240 g/mol. The molecule has 1 rings (SSSR count). The molecule has 0 fully saturated rings. The predicted octanol–water partition coefficient (Wildman–Crippen LogP) is 4.30. The maximum Gasteiger partial charge on any atom is 0.163 e. The summed E-state index contributed by atoms with van der Waals surface area (Å²) in [5.74, 6) is 0.744. The first kappa shape index (κ1) is 13.2. The van der Waals surface area contributed by atoms with Crippen molar-refractivity contribution in [2.75, 3.05) is 6.61 Å². The fraction of sp³-hybridized carbons (Fsp3) is 0.615. The lowest BCUT2D eigenvalue weighted by Gasteiger charge is -2.04. The van der Waals surface area contributed by atoms with E-state index < -0.39 is 0 Å². The maximum absolute atomic E-state index is 10.6. The summed E-state index contributed by atoms with van der Waals surface area (Å²) in [5.41, 5.74) is 0. The zero-order valence-corrected chi connectivity index (χ0v) is 10.7. The molecule has 0 radical (unpaired) electrons. The molecule has 0 unspecified atom stereocenters. The van der Waals surface area contributed by atoms with Crippen LogP contribution in [0.2, 0.25) is 0 Å². The van der Waals surface area contributed by atoms with Crippen molar-refractivity contribution in [2.24, 2.45) is 0 Å². The summed E-state index contributed by atoms with van der Waals surface area (Å²) >= 11 is 1.43. The SMILES string of the molecule is CCCCCCCCOc1ccsc1C=O. The van der Waals surface area contributed by atoms with Crippen molar-refractivity contribution in [1.29, 1.82) is 0 Å². The number of carbonyl (C=O) groups is 1. The summed E-state index contributed by atoms with van der Waals surface area (Å²) in [5, 5.41) is 1.89. The van der Waals surface area contributed by atoms with E-state index in [-0.39, 0.29) is 0 Å². The van der Waals surface area contributed by atoms with Gasteiger partial charge in [0.2, 0.25) is 0 Å². The van der Waals surface area contributed by atoms with Gasteiger partial charge < -0.3 is 4.74 Å². The molecule has 0 aliphatic heterocycles. The Labute approximate surface area is 102 Å². The molecule has 3 heteroatoms. The third kappa shape index (κ3) is 4.79. The molecule has 0 bridgehead atoms. The molecule has 0 aliphatic rings. The lowest BCUT2D eigenvalue weighted by molar-refractivity contribution is 0.112. The summed E-state index contributed by atoms with van der Waals surface area (Å²) < 4.78 is 5.55. The van der Waals surface area contributed by atoms with E-state index in [2.05, 4.69) is 6.92 Å². The molecule has 0 spiro atoms. The number of rotatable bonds is 9. The van der Waals surface area contributed by atoms with Crippen LogP contribution in [0.5, 0.6) is 5.75 Å². The van der Waals surface area contributed by atoms with E-state index in [1.54, 1.807) is 0 Å². The van der Waals surface area contributed by atoms with Crippen molar-refractivity contribution in [2.45, 2.75) is 45.4 Å². The first-order valence-corrected chi connectivity index (χ1v) is 6.92. The van der Waals surface area contributed by atoms with Gasteiger partial charge in [0, 0.05) is 0 Å². The van der Waals surface area contributed by atoms with E-state index in [0.29, 0.717) is 4.88 Å². The van der Waals surface area contributed by atoms with Gasteiger partial charge in [0.25, 0.3) is 0 Å². The Balaban J connectivity index is 2.05. The van der Waals surface area contributed by atoms with Crippen LogP contribution in [0.3, 0.4) is 0 Å². The van der Waals surface area contributed by atoms with E-state index in [9.17, 15) is 4.79 Å². The molecule has 0 N–H and O–H groups in total. The van der Waals surface area contributed by atoms with Crippen LogP contribution in [-0.4, -0.2) is 12.9 Å². The van der Waals surface area contributed by atoms with E-state index >= 15 is 0 Å². The second-order valence-corrected chi connectivity index (χ2v) is 4.83. The number of unbranched alkanes of at least 4 members (excludes halogenated alkanes) is 5. The maximum atomic E-state index is 10.6. The van der Waals surface area contributed by atoms with E-state index in [1.807, 2.05) is 11.4 Å². The number of hydrogen-bond acceptors (Lipinski definition) is 3. The molecule has 0 atom stereocenters. The minimum atomic E-state index is 0.700. The molecule has 2 nitrogen and oxygen atoms in total. The van der Waals surface area contributed by atoms with Gasteiger partial charge in [-0.25, -0.2) is 0 Å². The van der Waals surface area contributed by atoms with Crippen LogP contribution in [0.1, 0.15) is 55.1 Å². The van der Waals surface area contributed by atoms with Crippen molar-refractivity contribution in [3.8, 4) is 5.75 Å². The van der Waals surface area contributed by atoms with Crippen LogP contribution in [0.4, 0.5) is 0 Å². The topological polar surface area (TPSA) is 26.3 Å². The highest BCUT2D eigenvalue weighted by molar-refractivity contribution is 7.12. The van der Waals surface area contributed by atoms with Crippen LogP contribution in [0.25, 0.3) is 0 Å². The van der Waals surface area contributed by atoms with Gasteiger partial charge in [0.1, 0.15) is 10.6 Å². The second kappa shape index (κ2) is 8.34. The molecule has 1 aromatic heterocycles. The zero-order valence-electron chi connectivity index (χ0n) is 9.91. The van der Waals surface area contributed by atoms with E-state index in [1.165, 1.54) is 43.4 Å². The Bertz CT molecular complexity index is 294. The fourth-order valence-electron chi connectivity index (χ4n) is 1.58. The highest BCUT2D eigenvalue weighted by atomic mass is 32.1. The van der Waals surface area contributed by atoms with Gasteiger partial charge in [-0.1, -0.05) is 39.0 Å². The number of hydrogen-bond donors (Lipinski definition) is 0. The highest BCUT2D eigenvalue weighted by Gasteiger charge is 2.03. The van der Waals surface area contributed by atoms with Crippen LogP contribution >= 0.6 is 11.3 Å². The molecule has 0 saturated carbocycles. The third-order valence-electron chi connectivity index (χ3n) is 2.52. The highest BCUT2D eigenvalue weighted by Crippen LogP contribution is 2.22. The first-order chi connectivity index (χ1) is 7.88. The summed E-state index contributed by atoms with van der Waals surface area (Å²) in [7, 11) is 0. The molecule has 0 saturated heterocycles. The lowest BCUT2D eigenvalue weighted by atomic mass is 10.1. The van der Waals surface area contributed by atoms with E-state index in [0.717, 1.165) is 25.1 Å². The van der Waals surface area contributed by atoms with Crippen LogP contribution < -0.4 is 4.74 Å². The summed E-state index contributed by atoms with van der Waals surface area (Å²) in [6.45, 7) is 2.95. The van der Waals surface area contributed by atoms with E-state index in [4.69, 9.17) is 4.74 Å². The minimum Gasteiger partial charge on any atom is -0.492 e. The third-order valence-corrected chi connectivity index (χ3v) is 3.34. The summed E-state index contributed by atoms with van der Waals surface area (Å²) in [4.78, 5) is 11.3. The van der Waals surface area contributed by atoms with Crippen LogP contribution in [0, 0.1) is 0 Å². The normalized spacial score (nSPS) is 10.3. The number of thiophene rings is 1. The average molecular weight is 240 g/mol. The van der Waals surface area contributed by atoms with Gasteiger partial charge >= 0.3 is 0 Å². The quantitative estimate of drug-likeness (QED) is 0.475. The number of aldehydes is 1. The largest absolute Gasteiger partial charge is 0.492 e. The molecule has 90 valence electrons. The molecule has 1 aromatic rings. The lowest BCUT2D eigenvalue weighted by Crippen LogP contribution is -1.97. The van der Waals surface area contributed by atoms with Crippen molar-refractivity contribution in [3.63, 3.8) is 0 Å². The molecular weight excluding hydrogens is 220 g/mol. The number of carbonyl (C=O) groups excluding carboxylic acids is 1. The smallest absolute Gasteiger partial charge is 0.163 e. The predicted molar refractivity (Wildman–Crippen MR) is 68.6 cm³/mol. The molecule has 1 heterocycles. The second-order valence-electron chi connectivity index (χ2n) is 3.88. The van der Waals surface area contributed by atoms with Gasteiger partial charge in [-0.3, -0.25) is 4.79 Å². The average Bonchev–Trinajstić information content (AvgIpc) is 2.75. The zero-order chi connectivity index (χ0) is 11.6. The van der Waals surface area contributed by atoms with Crippen LogP contribution in [-0.2, 0) is 0 Å². The van der Waals surface area contributed by atoms with Gasteiger partial charge in [0.15, 0.2) is 6.29 Å². The van der Waals surface area contributed by atoms with Crippen molar-refractivity contribution >= 4 is 17.6 Å². The van der Waals surface area contributed by atoms with Crippen molar-refractivity contribution < 1.29 is 9.53 Å². The first-order valence-electron chi connectivity index (χ1n) is 6.04. The molecule has 0 aromatic carbocycles. The van der Waals surface area contributed by atoms with Gasteiger partial charge in [0.05, 0.1) is 6.61 Å². The minimum absolute atomic E-state index is 0.700. The Morgan fingerprint density at radius 1 is 1.25 bits per heavy atom. The summed E-state index contributed by atoms with van der Waals surface area (Å²) in [6.07, 6.45) is 8.41. The molecular formula is C13H20O2S. The van der Waals surface area contributed by atoms with Crippen molar-refractivity contribution in [3.05, 3.63) is 16.3 Å². The Hall–Kier alpha value is -0.830. The van der Waals surface area contributed by atoms with Gasteiger partial charge in [-0.2, -0.15) is 0 Å². The Morgan fingerprint density at radius 3 is 2.75 bits per heavy atom. The van der Waals surface area contributed by atoms with Gasteiger partial charge in [-0.05, 0) is 17.9 Å². The standard InChI is InChI=1S/C13H20O2S/c1-2-3-4-5-6-7-9-15-12-8-10-16-13(12)11-14/h8,10-11H,2-7,9H2,1H3. The number of ether oxygens (including phenoxy) is 1. The molecule has 0 amide bonds. The molecule has 16 heavy (non-hydrogen) atoms. The Kier molecular flexibility index (Phi) is 6.90. The summed E-state index contributed by atoms with van der Waals surface area (Å²) in [6, 6.07) is 1.87. The van der Waals surface area contributed by atoms with Crippen molar-refractivity contribution in [1.82, 2.24) is 0 Å². The Morgan fingerprint density at radius 2 is 2.00 bits per heavy atom.